The van der Waals surface area contributed by atoms with E-state index in [4.69, 9.17) is 0 Å². The first kappa shape index (κ1) is 19.8. The van der Waals surface area contributed by atoms with Gasteiger partial charge in [-0.15, -0.1) is 11.3 Å². The molecule has 156 valence electrons. The Morgan fingerprint density at radius 1 is 1.23 bits per heavy atom. The van der Waals surface area contributed by atoms with Gasteiger partial charge in [0.05, 0.1) is 11.1 Å². The third-order valence-corrected chi connectivity index (χ3v) is 8.20. The summed E-state index contributed by atoms with van der Waals surface area (Å²) in [7, 11) is 0. The molecule has 5 nitrogen and oxygen atoms in total. The summed E-state index contributed by atoms with van der Waals surface area (Å²) < 4.78 is 0. The smallest absolute Gasteiger partial charge is 0.259 e. The van der Waals surface area contributed by atoms with Crippen molar-refractivity contribution in [2.75, 3.05) is 5.75 Å². The molecule has 0 spiro atoms. The van der Waals surface area contributed by atoms with Crippen LogP contribution >= 0.6 is 23.1 Å². The molecule has 2 heterocycles. The van der Waals surface area contributed by atoms with Crippen molar-refractivity contribution >= 4 is 39.2 Å². The fraction of sp³-hybridized carbons (Fsp3) is 0.435. The highest BCUT2D eigenvalue weighted by molar-refractivity contribution is 7.98. The molecule has 7 heteroatoms. The number of nitrogens with one attached hydrogen (secondary N) is 2. The van der Waals surface area contributed by atoms with E-state index in [0.29, 0.717) is 18.0 Å². The van der Waals surface area contributed by atoms with Crippen LogP contribution < -0.4 is 10.9 Å². The normalized spacial score (nSPS) is 17.7. The number of rotatable bonds is 6. The number of hydrogen-bond donors (Lipinski definition) is 2. The molecule has 1 atom stereocenters. The number of fused-ring (bicyclic) bond motifs is 4. The number of thiophene rings is 1. The molecule has 2 aliphatic rings. The van der Waals surface area contributed by atoms with Crippen LogP contribution in [0, 0.1) is 0 Å². The number of aromatic nitrogens is 2. The van der Waals surface area contributed by atoms with E-state index in [0.717, 1.165) is 54.5 Å². The molecule has 2 N–H and O–H groups in total. The predicted octanol–water partition coefficient (Wildman–Crippen LogP) is 3.77. The maximum absolute atomic E-state index is 12.5. The fourth-order valence-electron chi connectivity index (χ4n) is 4.57. The monoisotopic (exact) mass is 439 g/mol. The molecule has 0 bridgehead atoms. The number of aryl methyl sites for hydroxylation is 3. The number of carbonyl (C=O) groups excluding carboxylic acids is 1. The fourth-order valence-corrected chi connectivity index (χ4v) is 6.65. The Balaban J connectivity index is 1.11. The highest BCUT2D eigenvalue weighted by Gasteiger charge is 2.21. The molecule has 0 aliphatic heterocycles. The molecule has 0 saturated heterocycles. The van der Waals surface area contributed by atoms with Crippen LogP contribution in [0.15, 0.2) is 29.1 Å². The van der Waals surface area contributed by atoms with Gasteiger partial charge in [0, 0.05) is 23.1 Å². The van der Waals surface area contributed by atoms with Crippen molar-refractivity contribution in [3.8, 4) is 0 Å². The minimum Gasteiger partial charge on any atom is -0.353 e. The zero-order chi connectivity index (χ0) is 20.5. The lowest BCUT2D eigenvalue weighted by atomic mass is 9.88. The van der Waals surface area contributed by atoms with E-state index in [1.54, 1.807) is 23.1 Å². The molecular formula is C23H25N3O2S2. The van der Waals surface area contributed by atoms with Crippen molar-refractivity contribution in [3.63, 3.8) is 0 Å². The van der Waals surface area contributed by atoms with Gasteiger partial charge < -0.3 is 10.3 Å². The maximum Gasteiger partial charge on any atom is 0.259 e. The van der Waals surface area contributed by atoms with E-state index in [9.17, 15) is 9.59 Å². The van der Waals surface area contributed by atoms with Crippen molar-refractivity contribution in [2.45, 2.75) is 56.7 Å². The van der Waals surface area contributed by atoms with E-state index in [1.165, 1.54) is 21.6 Å². The van der Waals surface area contributed by atoms with E-state index < -0.39 is 0 Å². The number of nitrogens with zero attached hydrogens (tertiary/aromatic N) is 1. The standard InChI is InChI=1S/C23H25N3O2S2/c27-20(24-16-9-8-14-4-1-2-5-15(14)12-16)10-11-29-13-19-25-22(28)21-17-6-3-7-18(17)30-23(21)26-19/h1-2,4-5,16H,3,6-13H2,(H,24,27)(H,25,26,28). The molecule has 1 aromatic carbocycles. The van der Waals surface area contributed by atoms with Crippen LogP contribution in [0.4, 0.5) is 0 Å². The Kier molecular flexibility index (Phi) is 5.65. The lowest BCUT2D eigenvalue weighted by Crippen LogP contribution is -2.38. The molecule has 2 aliphatic carbocycles. The van der Waals surface area contributed by atoms with Crippen molar-refractivity contribution in [2.24, 2.45) is 0 Å². The van der Waals surface area contributed by atoms with Gasteiger partial charge >= 0.3 is 0 Å². The van der Waals surface area contributed by atoms with Crippen LogP contribution in [0.2, 0.25) is 0 Å². The SMILES string of the molecule is O=C(CCSCc1nc2sc3c(c2c(=O)[nH]1)CCC3)NC1CCc2ccccc2C1. The van der Waals surface area contributed by atoms with Crippen LogP contribution in [0.5, 0.6) is 0 Å². The van der Waals surface area contributed by atoms with E-state index in [-0.39, 0.29) is 17.5 Å². The molecule has 2 aromatic heterocycles. The maximum atomic E-state index is 12.5. The van der Waals surface area contributed by atoms with Gasteiger partial charge in [0.15, 0.2) is 0 Å². The predicted molar refractivity (Wildman–Crippen MR) is 123 cm³/mol. The largest absolute Gasteiger partial charge is 0.353 e. The zero-order valence-corrected chi connectivity index (χ0v) is 18.5. The molecule has 0 saturated carbocycles. The van der Waals surface area contributed by atoms with Crippen LogP contribution in [0.1, 0.15) is 46.7 Å². The molecule has 30 heavy (non-hydrogen) atoms. The number of benzene rings is 1. The van der Waals surface area contributed by atoms with Crippen molar-refractivity contribution in [3.05, 3.63) is 62.0 Å². The van der Waals surface area contributed by atoms with Crippen LogP contribution in [-0.4, -0.2) is 27.7 Å². The zero-order valence-electron chi connectivity index (χ0n) is 16.8. The molecular weight excluding hydrogens is 414 g/mol. The van der Waals surface area contributed by atoms with Crippen molar-refractivity contribution in [1.82, 2.24) is 15.3 Å². The van der Waals surface area contributed by atoms with Crippen LogP contribution in [0.3, 0.4) is 0 Å². The summed E-state index contributed by atoms with van der Waals surface area (Å²) in [6.07, 6.45) is 6.66. The van der Waals surface area contributed by atoms with Crippen LogP contribution in [-0.2, 0) is 36.2 Å². The summed E-state index contributed by atoms with van der Waals surface area (Å²) in [6, 6.07) is 8.73. The highest BCUT2D eigenvalue weighted by atomic mass is 32.2. The van der Waals surface area contributed by atoms with Gasteiger partial charge in [-0.05, 0) is 55.2 Å². The molecule has 0 fully saturated rings. The van der Waals surface area contributed by atoms with Gasteiger partial charge in [-0.2, -0.15) is 11.8 Å². The molecule has 1 amide bonds. The van der Waals surface area contributed by atoms with E-state index in [2.05, 4.69) is 39.6 Å². The summed E-state index contributed by atoms with van der Waals surface area (Å²) in [6.45, 7) is 0. The van der Waals surface area contributed by atoms with Gasteiger partial charge in [-0.25, -0.2) is 4.98 Å². The number of thioether (sulfide) groups is 1. The lowest BCUT2D eigenvalue weighted by molar-refractivity contribution is -0.121. The summed E-state index contributed by atoms with van der Waals surface area (Å²) in [5.74, 6) is 2.16. The average Bonchev–Trinajstić information content (AvgIpc) is 3.32. The second kappa shape index (κ2) is 8.55. The van der Waals surface area contributed by atoms with Gasteiger partial charge in [-0.1, -0.05) is 24.3 Å². The topological polar surface area (TPSA) is 74.8 Å². The third-order valence-electron chi connectivity index (χ3n) is 6.05. The molecule has 5 rings (SSSR count). The lowest BCUT2D eigenvalue weighted by Gasteiger charge is -2.25. The second-order valence-electron chi connectivity index (χ2n) is 8.13. The number of aromatic amines is 1. The van der Waals surface area contributed by atoms with Gasteiger partial charge in [0.25, 0.3) is 5.56 Å². The van der Waals surface area contributed by atoms with Crippen molar-refractivity contribution in [1.29, 1.82) is 0 Å². The van der Waals surface area contributed by atoms with E-state index >= 15 is 0 Å². The first-order valence-corrected chi connectivity index (χ1v) is 12.6. The quantitative estimate of drug-likeness (QED) is 0.574. The Bertz CT molecular complexity index is 1150. The minimum absolute atomic E-state index is 0.00896. The molecule has 1 unspecified atom stereocenters. The Morgan fingerprint density at radius 2 is 2.10 bits per heavy atom. The van der Waals surface area contributed by atoms with Gasteiger partial charge in [0.1, 0.15) is 10.7 Å². The first-order valence-electron chi connectivity index (χ1n) is 10.6. The van der Waals surface area contributed by atoms with Gasteiger partial charge in [0.2, 0.25) is 5.91 Å². The molecule has 0 radical (unpaired) electrons. The number of carbonyl (C=O) groups is 1. The second-order valence-corrected chi connectivity index (χ2v) is 10.3. The Morgan fingerprint density at radius 3 is 3.00 bits per heavy atom. The van der Waals surface area contributed by atoms with Crippen LogP contribution in [0.25, 0.3) is 10.2 Å². The number of H-pyrrole nitrogens is 1. The molecule has 3 aromatic rings. The van der Waals surface area contributed by atoms with Gasteiger partial charge in [-0.3, -0.25) is 9.59 Å². The Hall–Kier alpha value is -2.12. The summed E-state index contributed by atoms with van der Waals surface area (Å²) >= 11 is 3.31. The number of amides is 1. The third kappa shape index (κ3) is 4.05. The summed E-state index contributed by atoms with van der Waals surface area (Å²) in [4.78, 5) is 34.7. The highest BCUT2D eigenvalue weighted by Crippen LogP contribution is 2.34. The summed E-state index contributed by atoms with van der Waals surface area (Å²) in [5, 5.41) is 3.99. The average molecular weight is 440 g/mol. The van der Waals surface area contributed by atoms with E-state index in [1.807, 2.05) is 0 Å². The Labute approximate surface area is 183 Å². The van der Waals surface area contributed by atoms with Crippen molar-refractivity contribution < 1.29 is 4.79 Å². The number of hydrogen-bond acceptors (Lipinski definition) is 5. The summed E-state index contributed by atoms with van der Waals surface area (Å²) in [5.41, 5.74) is 3.97. The first-order chi connectivity index (χ1) is 14.7. The minimum atomic E-state index is -0.00896.